The number of aliphatic carboxylic acids is 1. The van der Waals surface area contributed by atoms with Crippen LogP contribution in [0.1, 0.15) is 44.7 Å². The molecular formula is C21H29N5O5. The molecule has 1 amide bonds. The number of hydrogen-bond donors (Lipinski definition) is 1. The molecule has 0 unspecified atom stereocenters. The minimum absolute atomic E-state index is 0.0320. The fraction of sp³-hybridized carbons (Fsp3) is 0.571. The quantitative estimate of drug-likeness (QED) is 0.677. The van der Waals surface area contributed by atoms with Gasteiger partial charge in [0.15, 0.2) is 0 Å². The Bertz CT molecular complexity index is 898. The van der Waals surface area contributed by atoms with Crippen molar-refractivity contribution in [2.45, 2.75) is 51.7 Å². The Balaban J connectivity index is 1.65. The smallest absolute Gasteiger partial charge is 0.409 e. The summed E-state index contributed by atoms with van der Waals surface area (Å²) >= 11 is 0. The summed E-state index contributed by atoms with van der Waals surface area (Å²) in [5.74, 6) is -0.538. The predicted molar refractivity (Wildman–Crippen MR) is 111 cm³/mol. The van der Waals surface area contributed by atoms with Crippen molar-refractivity contribution in [3.8, 4) is 17.1 Å². The van der Waals surface area contributed by atoms with Crippen molar-refractivity contribution in [2.75, 3.05) is 13.6 Å². The molecule has 2 aromatic heterocycles. The van der Waals surface area contributed by atoms with Gasteiger partial charge in [0.1, 0.15) is 23.7 Å². The molecule has 0 radical (unpaired) electrons. The zero-order valence-electron chi connectivity index (χ0n) is 18.2. The van der Waals surface area contributed by atoms with Crippen LogP contribution in [0.2, 0.25) is 0 Å². The van der Waals surface area contributed by atoms with E-state index in [0.29, 0.717) is 42.2 Å². The molecular weight excluding hydrogens is 402 g/mol. The zero-order valence-corrected chi connectivity index (χ0v) is 18.2. The Kier molecular flexibility index (Phi) is 7.43. The van der Waals surface area contributed by atoms with Gasteiger partial charge in [-0.25, -0.2) is 9.48 Å². The fourth-order valence-electron chi connectivity index (χ4n) is 3.66. The molecule has 0 aromatic carbocycles. The van der Waals surface area contributed by atoms with Crippen LogP contribution in [0.25, 0.3) is 11.4 Å². The van der Waals surface area contributed by atoms with E-state index in [1.807, 2.05) is 6.92 Å². The second-order valence-electron chi connectivity index (χ2n) is 7.81. The van der Waals surface area contributed by atoms with Gasteiger partial charge in [-0.3, -0.25) is 9.78 Å². The summed E-state index contributed by atoms with van der Waals surface area (Å²) in [5.41, 5.74) is 1.75. The molecule has 168 valence electrons. The van der Waals surface area contributed by atoms with Gasteiger partial charge in [-0.15, -0.1) is 5.10 Å². The number of pyridine rings is 1. The number of carbonyl (C=O) groups is 2. The van der Waals surface area contributed by atoms with Crippen LogP contribution in [-0.2, 0) is 23.2 Å². The normalized spacial score (nSPS) is 18.4. The van der Waals surface area contributed by atoms with Crippen LogP contribution < -0.4 is 4.74 Å². The van der Waals surface area contributed by atoms with Crippen molar-refractivity contribution in [2.24, 2.45) is 13.0 Å². The number of aryl methyl sites for hydroxylation is 1. The number of amides is 1. The highest BCUT2D eigenvalue weighted by Gasteiger charge is 2.28. The molecule has 3 rings (SSSR count). The van der Waals surface area contributed by atoms with Gasteiger partial charge in [0.25, 0.3) is 0 Å². The van der Waals surface area contributed by atoms with Gasteiger partial charge in [-0.2, -0.15) is 0 Å². The molecule has 1 aliphatic rings. The van der Waals surface area contributed by atoms with E-state index in [1.165, 1.54) is 4.90 Å². The van der Waals surface area contributed by atoms with Gasteiger partial charge in [0.2, 0.25) is 0 Å². The molecule has 10 nitrogen and oxygen atoms in total. The summed E-state index contributed by atoms with van der Waals surface area (Å²) in [5, 5.41) is 17.4. The monoisotopic (exact) mass is 431 g/mol. The van der Waals surface area contributed by atoms with Gasteiger partial charge in [-0.1, -0.05) is 12.1 Å². The van der Waals surface area contributed by atoms with E-state index in [-0.39, 0.29) is 18.6 Å². The van der Waals surface area contributed by atoms with Gasteiger partial charge < -0.3 is 19.5 Å². The van der Waals surface area contributed by atoms with Crippen LogP contribution in [0, 0.1) is 5.92 Å². The molecule has 2 aromatic rings. The molecule has 1 aliphatic carbocycles. The first-order valence-corrected chi connectivity index (χ1v) is 10.5. The third-order valence-electron chi connectivity index (χ3n) is 5.40. The maximum atomic E-state index is 12.1. The average molecular weight is 431 g/mol. The molecule has 2 atom stereocenters. The Hall–Kier alpha value is -3.17. The molecule has 2 heterocycles. The number of rotatable bonds is 8. The topological polar surface area (TPSA) is 120 Å². The summed E-state index contributed by atoms with van der Waals surface area (Å²) in [6.07, 6.45) is 4.77. The van der Waals surface area contributed by atoms with Crippen LogP contribution in [0.4, 0.5) is 4.79 Å². The fourth-order valence-corrected chi connectivity index (χ4v) is 3.66. The van der Waals surface area contributed by atoms with Crippen LogP contribution >= 0.6 is 0 Å². The average Bonchev–Trinajstić information content (AvgIpc) is 3.13. The molecule has 1 fully saturated rings. The first-order chi connectivity index (χ1) is 14.9. The molecule has 31 heavy (non-hydrogen) atoms. The lowest BCUT2D eigenvalue weighted by Gasteiger charge is -2.27. The second-order valence-corrected chi connectivity index (χ2v) is 7.81. The third kappa shape index (κ3) is 5.71. The molecule has 0 saturated heterocycles. The summed E-state index contributed by atoms with van der Waals surface area (Å²) in [7, 11) is 3.42. The number of hydrogen-bond acceptors (Lipinski definition) is 7. The lowest BCUT2D eigenvalue weighted by atomic mass is 9.87. The molecule has 10 heteroatoms. The van der Waals surface area contributed by atoms with E-state index in [4.69, 9.17) is 9.47 Å². The lowest BCUT2D eigenvalue weighted by molar-refractivity contribution is -0.143. The Morgan fingerprint density at radius 2 is 2.13 bits per heavy atom. The molecule has 0 aliphatic heterocycles. The van der Waals surface area contributed by atoms with Crippen LogP contribution in [0.15, 0.2) is 18.3 Å². The van der Waals surface area contributed by atoms with Crippen LogP contribution in [-0.4, -0.2) is 61.7 Å². The number of carboxylic acids is 1. The van der Waals surface area contributed by atoms with Crippen molar-refractivity contribution in [3.63, 3.8) is 0 Å². The summed E-state index contributed by atoms with van der Waals surface area (Å²) in [6, 6.07) is 3.55. The highest BCUT2D eigenvalue weighted by atomic mass is 16.6. The van der Waals surface area contributed by atoms with Crippen molar-refractivity contribution in [1.29, 1.82) is 0 Å². The number of carboxylic acid groups (broad SMARTS) is 1. The van der Waals surface area contributed by atoms with E-state index in [1.54, 1.807) is 37.1 Å². The molecule has 1 N–H and O–H groups in total. The van der Waals surface area contributed by atoms with Gasteiger partial charge in [0, 0.05) is 20.6 Å². The second kappa shape index (κ2) is 10.2. The number of nitrogens with zero attached hydrogens (tertiary/aromatic N) is 5. The summed E-state index contributed by atoms with van der Waals surface area (Å²) in [4.78, 5) is 29.3. The van der Waals surface area contributed by atoms with E-state index >= 15 is 0 Å². The summed E-state index contributed by atoms with van der Waals surface area (Å²) < 4.78 is 12.9. The first-order valence-electron chi connectivity index (χ1n) is 10.5. The third-order valence-corrected chi connectivity index (χ3v) is 5.40. The highest BCUT2D eigenvalue weighted by Crippen LogP contribution is 2.29. The highest BCUT2D eigenvalue weighted by molar-refractivity contribution is 5.70. The van der Waals surface area contributed by atoms with E-state index in [0.717, 1.165) is 19.3 Å². The lowest BCUT2D eigenvalue weighted by Crippen LogP contribution is -2.29. The maximum absolute atomic E-state index is 12.1. The minimum Gasteiger partial charge on any atom is -0.489 e. The van der Waals surface area contributed by atoms with Gasteiger partial charge in [0.05, 0.1) is 23.9 Å². The van der Waals surface area contributed by atoms with Crippen molar-refractivity contribution >= 4 is 12.1 Å². The minimum atomic E-state index is -0.765. The van der Waals surface area contributed by atoms with E-state index < -0.39 is 12.1 Å². The molecule has 1 saturated carbocycles. The Morgan fingerprint density at radius 1 is 1.32 bits per heavy atom. The van der Waals surface area contributed by atoms with Crippen molar-refractivity contribution < 1.29 is 24.2 Å². The largest absolute Gasteiger partial charge is 0.489 e. The van der Waals surface area contributed by atoms with Crippen LogP contribution in [0.3, 0.4) is 0 Å². The Morgan fingerprint density at radius 3 is 2.81 bits per heavy atom. The van der Waals surface area contributed by atoms with Crippen molar-refractivity contribution in [1.82, 2.24) is 24.9 Å². The zero-order chi connectivity index (χ0) is 22.4. The molecule has 0 spiro atoms. The number of aromatic nitrogens is 4. The van der Waals surface area contributed by atoms with Crippen molar-refractivity contribution in [3.05, 3.63) is 24.0 Å². The van der Waals surface area contributed by atoms with E-state index in [2.05, 4.69) is 15.3 Å². The Labute approximate surface area is 181 Å². The number of carbonyl (C=O) groups excluding carboxylic acids is 1. The standard InChI is InChI=1S/C21H29N5O5/c1-4-10-25(2)21(29)30-13-18-19(23-24-26(18)3)17-9-8-16(12-22-17)31-15-7-5-6-14(11-15)20(27)28/h8-9,12,14-15H,4-7,10-11,13H2,1-3H3,(H,27,28)/t14-,15-/m0/s1. The SMILES string of the molecule is CCCN(C)C(=O)OCc1c(-c2ccc(O[C@H]3CCC[C@H](C(=O)O)C3)cn2)nnn1C. The van der Waals surface area contributed by atoms with Gasteiger partial charge in [-0.05, 0) is 44.2 Å². The maximum Gasteiger partial charge on any atom is 0.409 e. The van der Waals surface area contributed by atoms with E-state index in [9.17, 15) is 14.7 Å². The van der Waals surface area contributed by atoms with Crippen LogP contribution in [0.5, 0.6) is 5.75 Å². The molecule has 0 bridgehead atoms. The summed E-state index contributed by atoms with van der Waals surface area (Å²) in [6.45, 7) is 2.64. The first kappa shape index (κ1) is 22.5. The van der Waals surface area contributed by atoms with Gasteiger partial charge >= 0.3 is 12.1 Å². The predicted octanol–water partition coefficient (Wildman–Crippen LogP) is 2.88. The number of ether oxygens (including phenoxy) is 2.